The zero-order valence-electron chi connectivity index (χ0n) is 76.9. The van der Waals surface area contributed by atoms with E-state index in [1.165, 1.54) is 0 Å². The molecule has 680 valence electrons. The number of fused-ring (bicyclic) bond motifs is 9. The predicted molar refractivity (Wildman–Crippen MR) is 602 cm³/mol. The van der Waals surface area contributed by atoms with Crippen LogP contribution in [-0.2, 0) is 22.8 Å². The molecule has 0 aliphatic rings. The Morgan fingerprint density at radius 3 is 0.507 bits per heavy atom. The highest BCUT2D eigenvalue weighted by Crippen LogP contribution is 2.55. The molecule has 0 aliphatic heterocycles. The summed E-state index contributed by atoms with van der Waals surface area (Å²) in [6.45, 7) is 0. The van der Waals surface area contributed by atoms with Crippen molar-refractivity contribution in [1.29, 1.82) is 0 Å². The highest BCUT2D eigenvalue weighted by Gasteiger charge is 2.46. The average molecular weight is 1940 g/mol. The molecule has 0 radical (unpaired) electrons. The molecular formula is C126H91N4O6P6+. The number of aromatic nitrogens is 3. The number of anilines is 3. The molecule has 0 fully saturated rings. The Kier molecular flexibility index (Phi) is 22.9. The molecule has 142 heavy (non-hydrogen) atoms. The van der Waals surface area contributed by atoms with E-state index in [1.54, 1.807) is 0 Å². The number of hydrogen-bond acceptors (Lipinski definition) is 7. The third kappa shape index (κ3) is 14.9. The van der Waals surface area contributed by atoms with Crippen LogP contribution in [0.5, 0.6) is 0 Å². The van der Waals surface area contributed by atoms with E-state index in [9.17, 15) is 4.89 Å². The summed E-state index contributed by atoms with van der Waals surface area (Å²) in [6, 6.07) is 181. The smallest absolute Gasteiger partial charge is 0.238 e. The molecule has 0 aliphatic carbocycles. The third-order valence-electron chi connectivity index (χ3n) is 27.9. The van der Waals surface area contributed by atoms with E-state index in [1.807, 2.05) is 394 Å². The SMILES string of the molecule is O=P(c1ccccc1)(c1ccccc1)c1ccc2c(c1)c1cc(P(=O)(c3ccccc3)c3ccccc3)ccc1n2-c1ccc(N(c2ccc(-n3c4ccc(P(=O)(c5ccccc5)c5ccccc5)cc4c4cc(P(=O)(c5ccccc5)c5ccccc5)ccc43)cc2)c2ccc(-n3c4ccc(P(=O)(c5ccccc5)c5ccccc5)cc4c4cc([P+](O)(c5ccccc5)c5ccccc5)ccc43)cc2)cc1. The van der Waals surface area contributed by atoms with Gasteiger partial charge in [0.05, 0.1) is 33.1 Å². The van der Waals surface area contributed by atoms with Gasteiger partial charge in [0.1, 0.15) is 15.9 Å². The largest absolute Gasteiger partial charge is 0.310 e. The molecule has 0 amide bonds. The second-order valence-electron chi connectivity index (χ2n) is 35.8. The van der Waals surface area contributed by atoms with E-state index in [4.69, 9.17) is 0 Å². The number of rotatable bonds is 24. The van der Waals surface area contributed by atoms with E-state index in [0.717, 1.165) is 126 Å². The standard InChI is InChI=1S/C126H91N4O6P6/c131-137(97-37-13-1-14-38-97,98-39-15-2-16-40-98)109-73-79-121-115(85-109)116-86-110(138(132,99-41-17-3-18-42-99)100-43-19-4-20-44-100)74-80-122(116)128(121)94-67-61-91(62-68-94)127(92-63-69-95(70-64-92)129-123-81-75-111(139(133,101-45-21-5-22-46-101)102-47-23-6-24-48-102)87-117(123)118-88-112(76-82-124(118)129)140(134,103-49-25-7-26-50-103)104-51-27-8-28-52-104)93-65-71-96(72-66-93)130-125-83-77-113(141(135,105-53-29-9-30-54-105)106-55-31-10-32-56-106)89-119(125)120-90-114(78-84-126(120)130)142(136,107-57-33-11-34-58-107)108-59-35-12-36-60-108/h1-90,131H/q+1. The highest BCUT2D eigenvalue weighted by molar-refractivity contribution is 7.91. The van der Waals surface area contributed by atoms with Crippen LogP contribution >= 0.6 is 43.2 Å². The first-order valence-electron chi connectivity index (χ1n) is 47.4. The average Bonchev–Trinajstić information content (AvgIpc) is 1.57. The molecule has 0 saturated heterocycles. The van der Waals surface area contributed by atoms with E-state index in [0.29, 0.717) is 69.0 Å². The van der Waals surface area contributed by atoms with Gasteiger partial charge in [-0.05, 0) is 206 Å². The lowest BCUT2D eigenvalue weighted by Crippen LogP contribution is -2.30. The monoisotopic (exact) mass is 1940 g/mol. The molecule has 24 rings (SSSR count). The van der Waals surface area contributed by atoms with E-state index in [2.05, 4.69) is 170 Å². The van der Waals surface area contributed by atoms with Crippen LogP contribution in [0.3, 0.4) is 0 Å². The molecule has 3 heterocycles. The maximum atomic E-state index is 16.6. The maximum Gasteiger partial charge on any atom is 0.238 e. The van der Waals surface area contributed by atoms with Crippen molar-refractivity contribution in [2.45, 2.75) is 0 Å². The summed E-state index contributed by atoms with van der Waals surface area (Å²) in [6.07, 6.45) is 0. The summed E-state index contributed by atoms with van der Waals surface area (Å²) in [5.74, 6) is 0. The molecule has 3 aromatic heterocycles. The minimum absolute atomic E-state index is 0.663. The van der Waals surface area contributed by atoms with Crippen molar-refractivity contribution >= 4 is 221 Å². The molecule has 24 aromatic rings. The second-order valence-corrected chi connectivity index (χ2v) is 52.5. The van der Waals surface area contributed by atoms with Crippen LogP contribution < -0.4 is 100 Å². The fourth-order valence-corrected chi connectivity index (χ4v) is 37.1. The van der Waals surface area contributed by atoms with Crippen molar-refractivity contribution in [3.8, 4) is 17.1 Å². The first-order chi connectivity index (χ1) is 69.7. The fourth-order valence-electron chi connectivity index (χ4n) is 21.1. The lowest BCUT2D eigenvalue weighted by Gasteiger charge is -2.26. The van der Waals surface area contributed by atoms with Crippen LogP contribution in [0, 0.1) is 0 Å². The van der Waals surface area contributed by atoms with Gasteiger partial charge in [0, 0.05) is 146 Å². The summed E-state index contributed by atoms with van der Waals surface area (Å²) in [5, 5.41) is 18.0. The van der Waals surface area contributed by atoms with Crippen LogP contribution in [0.25, 0.3) is 82.5 Å². The van der Waals surface area contributed by atoms with Gasteiger partial charge < -0.3 is 41.4 Å². The molecule has 0 spiro atoms. The van der Waals surface area contributed by atoms with Gasteiger partial charge in [0.15, 0.2) is 35.7 Å². The van der Waals surface area contributed by atoms with Crippen LogP contribution in [0.15, 0.2) is 546 Å². The molecule has 0 atom stereocenters. The molecule has 1 N–H and O–H groups in total. The first-order valence-corrected chi connectivity index (χ1v) is 57.7. The highest BCUT2D eigenvalue weighted by atomic mass is 31.2. The van der Waals surface area contributed by atoms with Gasteiger partial charge in [-0.2, -0.15) is 0 Å². The summed E-state index contributed by atoms with van der Waals surface area (Å²) >= 11 is 0. The van der Waals surface area contributed by atoms with Gasteiger partial charge in [0.2, 0.25) is 7.49 Å². The van der Waals surface area contributed by atoms with Crippen molar-refractivity contribution in [3.63, 3.8) is 0 Å². The Bertz CT molecular complexity index is 8230. The normalized spacial score (nSPS) is 12.3. The summed E-state index contributed by atoms with van der Waals surface area (Å²) in [7, 11) is -20.9. The van der Waals surface area contributed by atoms with Gasteiger partial charge in [-0.3, -0.25) is 0 Å². The number of hydrogen-bond donors (Lipinski definition) is 1. The predicted octanol–water partition coefficient (Wildman–Crippen LogP) is 23.8. The summed E-state index contributed by atoms with van der Waals surface area (Å²) in [5.41, 5.74) is 10.2. The zero-order chi connectivity index (χ0) is 95.7. The molecule has 10 nitrogen and oxygen atoms in total. The number of nitrogens with zero attached hydrogens (tertiary/aromatic N) is 4. The molecule has 0 unspecified atom stereocenters. The van der Waals surface area contributed by atoms with Gasteiger partial charge in [-0.1, -0.05) is 340 Å². The van der Waals surface area contributed by atoms with Crippen molar-refractivity contribution in [3.05, 3.63) is 546 Å². The van der Waals surface area contributed by atoms with Crippen molar-refractivity contribution < 1.29 is 27.7 Å². The zero-order valence-corrected chi connectivity index (χ0v) is 82.3. The van der Waals surface area contributed by atoms with Crippen LogP contribution in [0.1, 0.15) is 0 Å². The van der Waals surface area contributed by atoms with Crippen LogP contribution in [-0.4, -0.2) is 18.6 Å². The van der Waals surface area contributed by atoms with Crippen LogP contribution in [0.4, 0.5) is 17.1 Å². The van der Waals surface area contributed by atoms with E-state index < -0.39 is 43.2 Å². The minimum Gasteiger partial charge on any atom is -0.310 e. The Morgan fingerprint density at radius 2 is 0.324 bits per heavy atom. The second kappa shape index (κ2) is 36.5. The van der Waals surface area contributed by atoms with Gasteiger partial charge in [-0.25, -0.2) is 4.89 Å². The Balaban J connectivity index is 0.701. The lowest BCUT2D eigenvalue weighted by atomic mass is 10.1. The molecule has 21 aromatic carbocycles. The van der Waals surface area contributed by atoms with Crippen LogP contribution in [0.2, 0.25) is 0 Å². The van der Waals surface area contributed by atoms with E-state index in [-0.39, 0.29) is 0 Å². The lowest BCUT2D eigenvalue weighted by molar-refractivity contribution is 0.591. The fraction of sp³-hybridized carbons (Fsp3) is 0. The first kappa shape index (κ1) is 89.0. The quantitative estimate of drug-likeness (QED) is 0.0598. The van der Waals surface area contributed by atoms with Crippen molar-refractivity contribution in [2.24, 2.45) is 0 Å². The molecule has 16 heteroatoms. The Labute approximate surface area is 824 Å². The van der Waals surface area contributed by atoms with Crippen molar-refractivity contribution in [1.82, 2.24) is 13.7 Å². The molecule has 0 bridgehead atoms. The maximum absolute atomic E-state index is 16.6. The number of benzene rings is 21. The summed E-state index contributed by atoms with van der Waals surface area (Å²) < 4.78 is 89.7. The Morgan fingerprint density at radius 1 is 0.162 bits per heavy atom. The summed E-state index contributed by atoms with van der Waals surface area (Å²) in [4.78, 5) is 16.0. The third-order valence-corrected chi connectivity index (χ3v) is 46.3. The van der Waals surface area contributed by atoms with Crippen molar-refractivity contribution in [2.75, 3.05) is 4.90 Å². The van der Waals surface area contributed by atoms with Gasteiger partial charge in [0.25, 0.3) is 0 Å². The van der Waals surface area contributed by atoms with E-state index >= 15 is 22.8 Å². The van der Waals surface area contributed by atoms with Gasteiger partial charge in [-0.15, -0.1) is 0 Å². The Hall–Kier alpha value is -15.6. The van der Waals surface area contributed by atoms with Gasteiger partial charge >= 0.3 is 0 Å². The topological polar surface area (TPSA) is 124 Å². The molecule has 0 saturated carbocycles. The molecular weight excluding hydrogens is 1850 g/mol. The minimum atomic E-state index is -3.53.